The van der Waals surface area contributed by atoms with Gasteiger partial charge in [0.25, 0.3) is 0 Å². The Morgan fingerprint density at radius 3 is 2.24 bits per heavy atom. The molecule has 188 valence electrons. The number of hydrogen-bond donors (Lipinski definition) is 1. The summed E-state index contributed by atoms with van der Waals surface area (Å²) in [7, 11) is 1.62. The lowest BCUT2D eigenvalue weighted by atomic mass is 9.72. The monoisotopic (exact) mass is 493 g/mol. The van der Waals surface area contributed by atoms with E-state index in [4.69, 9.17) is 9.47 Å². The summed E-state index contributed by atoms with van der Waals surface area (Å²) in [5.41, 5.74) is 5.90. The van der Waals surface area contributed by atoms with E-state index in [1.807, 2.05) is 79.7 Å². The number of rotatable bonds is 7. The zero-order valence-electron chi connectivity index (χ0n) is 21.2. The van der Waals surface area contributed by atoms with Gasteiger partial charge in [-0.1, -0.05) is 72.8 Å². The van der Waals surface area contributed by atoms with Crippen molar-refractivity contribution in [2.75, 3.05) is 13.7 Å². The molecule has 5 nitrogen and oxygen atoms in total. The number of allylic oxidation sites excluding steroid dienone is 3. The van der Waals surface area contributed by atoms with Crippen LogP contribution in [0.3, 0.4) is 0 Å². The smallest absolute Gasteiger partial charge is 0.336 e. The molecule has 2 atom stereocenters. The van der Waals surface area contributed by atoms with Gasteiger partial charge in [0.2, 0.25) is 0 Å². The number of methoxy groups -OCH3 is 1. The van der Waals surface area contributed by atoms with Gasteiger partial charge in [0.15, 0.2) is 5.78 Å². The van der Waals surface area contributed by atoms with Crippen LogP contribution in [0.5, 0.6) is 5.75 Å². The number of carbonyl (C=O) groups excluding carboxylic acids is 2. The second-order valence-electron chi connectivity index (χ2n) is 9.57. The highest BCUT2D eigenvalue weighted by Gasteiger charge is 2.41. The van der Waals surface area contributed by atoms with E-state index in [9.17, 15) is 9.59 Å². The van der Waals surface area contributed by atoms with Crippen LogP contribution in [0, 0.1) is 0 Å². The highest BCUT2D eigenvalue weighted by molar-refractivity contribution is 6.04. The molecule has 0 saturated heterocycles. The molecule has 0 aromatic heterocycles. The lowest BCUT2D eigenvalue weighted by molar-refractivity contribution is -0.139. The Morgan fingerprint density at radius 2 is 1.57 bits per heavy atom. The minimum absolute atomic E-state index is 0.0607. The second kappa shape index (κ2) is 10.9. The van der Waals surface area contributed by atoms with E-state index in [2.05, 4.69) is 17.4 Å². The molecule has 37 heavy (non-hydrogen) atoms. The first-order valence-corrected chi connectivity index (χ1v) is 12.7. The second-order valence-corrected chi connectivity index (χ2v) is 9.57. The molecule has 0 fully saturated rings. The van der Waals surface area contributed by atoms with Crippen molar-refractivity contribution in [1.29, 1.82) is 0 Å². The van der Waals surface area contributed by atoms with Crippen LogP contribution in [0.2, 0.25) is 0 Å². The molecule has 1 N–H and O–H groups in total. The van der Waals surface area contributed by atoms with E-state index in [0.717, 1.165) is 33.8 Å². The van der Waals surface area contributed by atoms with Crippen LogP contribution in [0.15, 0.2) is 107 Å². The number of carbonyl (C=O) groups is 2. The lowest BCUT2D eigenvalue weighted by Gasteiger charge is -2.36. The first kappa shape index (κ1) is 24.6. The third-order valence-electron chi connectivity index (χ3n) is 7.23. The number of Topliss-reactive ketones (excluding diaryl/α,β-unsaturated/α-hetero) is 1. The molecule has 0 bridgehead atoms. The lowest BCUT2D eigenvalue weighted by Crippen LogP contribution is -2.36. The van der Waals surface area contributed by atoms with Crippen molar-refractivity contribution in [3.05, 3.63) is 124 Å². The number of ether oxygens (including phenoxy) is 2. The summed E-state index contributed by atoms with van der Waals surface area (Å²) in [6.45, 7) is 2.16. The summed E-state index contributed by atoms with van der Waals surface area (Å²) in [5.74, 6) is -0.00489. The van der Waals surface area contributed by atoms with Crippen molar-refractivity contribution in [3.63, 3.8) is 0 Å². The maximum atomic E-state index is 13.7. The Balaban J connectivity index is 1.46. The normalized spacial score (nSPS) is 19.2. The number of esters is 1. The third-order valence-corrected chi connectivity index (χ3v) is 7.23. The predicted molar refractivity (Wildman–Crippen MR) is 143 cm³/mol. The van der Waals surface area contributed by atoms with Crippen LogP contribution in [0.1, 0.15) is 48.3 Å². The number of benzene rings is 3. The molecule has 3 aromatic carbocycles. The van der Waals surface area contributed by atoms with E-state index in [0.29, 0.717) is 30.4 Å². The number of dihydropyridines is 1. The highest BCUT2D eigenvalue weighted by Crippen LogP contribution is 2.45. The van der Waals surface area contributed by atoms with Crippen molar-refractivity contribution in [2.45, 2.75) is 38.0 Å². The van der Waals surface area contributed by atoms with Gasteiger partial charge in [0.05, 0.1) is 19.3 Å². The average Bonchev–Trinajstić information content (AvgIpc) is 2.93. The fourth-order valence-corrected chi connectivity index (χ4v) is 5.38. The fourth-order valence-electron chi connectivity index (χ4n) is 5.38. The molecule has 0 spiro atoms. The van der Waals surface area contributed by atoms with Crippen LogP contribution in [-0.2, 0) is 20.7 Å². The van der Waals surface area contributed by atoms with Crippen LogP contribution in [-0.4, -0.2) is 25.5 Å². The first-order valence-electron chi connectivity index (χ1n) is 12.7. The standard InChI is InChI=1S/C32H31NO4/c1-21-29(32(35)37-18-17-22-9-5-3-6-10-22)30(24-13-15-26(36-2)16-14-24)31-27(33-21)19-25(20-28(31)34)23-11-7-4-8-12-23/h3-16,25,30,33H,17-20H2,1-2H3/t25-,30+/m1/s1. The molecule has 3 aromatic rings. The van der Waals surface area contributed by atoms with Gasteiger partial charge >= 0.3 is 5.97 Å². The van der Waals surface area contributed by atoms with E-state index >= 15 is 0 Å². The van der Waals surface area contributed by atoms with E-state index in [-0.39, 0.29) is 18.3 Å². The minimum Gasteiger partial charge on any atom is -0.497 e. The van der Waals surface area contributed by atoms with Gasteiger partial charge in [-0.15, -0.1) is 0 Å². The van der Waals surface area contributed by atoms with Crippen molar-refractivity contribution in [1.82, 2.24) is 5.32 Å². The van der Waals surface area contributed by atoms with Crippen LogP contribution < -0.4 is 10.1 Å². The van der Waals surface area contributed by atoms with Crippen molar-refractivity contribution < 1.29 is 19.1 Å². The topological polar surface area (TPSA) is 64.6 Å². The molecular weight excluding hydrogens is 462 g/mol. The Kier molecular flexibility index (Phi) is 7.22. The van der Waals surface area contributed by atoms with Gasteiger partial charge in [-0.05, 0) is 48.1 Å². The van der Waals surface area contributed by atoms with Crippen molar-refractivity contribution >= 4 is 11.8 Å². The third kappa shape index (κ3) is 5.21. The van der Waals surface area contributed by atoms with Crippen molar-refractivity contribution in [2.24, 2.45) is 0 Å². The largest absolute Gasteiger partial charge is 0.497 e. The fraction of sp³-hybridized carbons (Fsp3) is 0.250. The van der Waals surface area contributed by atoms with E-state index in [1.165, 1.54) is 0 Å². The SMILES string of the molecule is COc1ccc([C@H]2C(C(=O)OCCc3ccccc3)=C(C)NC3=C2C(=O)C[C@H](c2ccccc2)C3)cc1. The Bertz CT molecular complexity index is 1340. The van der Waals surface area contributed by atoms with Gasteiger partial charge < -0.3 is 14.8 Å². The zero-order chi connectivity index (χ0) is 25.8. The molecular formula is C32H31NO4. The molecule has 0 radical (unpaired) electrons. The summed E-state index contributed by atoms with van der Waals surface area (Å²) in [4.78, 5) is 27.2. The summed E-state index contributed by atoms with van der Waals surface area (Å²) < 4.78 is 11.1. The molecule has 0 saturated carbocycles. The van der Waals surface area contributed by atoms with Gasteiger partial charge in [0.1, 0.15) is 5.75 Å². The number of ketones is 1. The molecule has 2 aliphatic rings. The predicted octanol–water partition coefficient (Wildman–Crippen LogP) is 5.84. The molecule has 5 rings (SSSR count). The van der Waals surface area contributed by atoms with Crippen LogP contribution >= 0.6 is 0 Å². The van der Waals surface area contributed by atoms with E-state index < -0.39 is 11.9 Å². The van der Waals surface area contributed by atoms with Gasteiger partial charge in [-0.3, -0.25) is 4.79 Å². The summed E-state index contributed by atoms with van der Waals surface area (Å²) in [5, 5.41) is 3.42. The first-order chi connectivity index (χ1) is 18.0. The Hall–Kier alpha value is -4.12. The summed E-state index contributed by atoms with van der Waals surface area (Å²) >= 11 is 0. The van der Waals surface area contributed by atoms with Crippen LogP contribution in [0.4, 0.5) is 0 Å². The molecule has 1 aliphatic heterocycles. The highest BCUT2D eigenvalue weighted by atomic mass is 16.5. The maximum Gasteiger partial charge on any atom is 0.336 e. The number of nitrogens with one attached hydrogen (secondary N) is 1. The van der Waals surface area contributed by atoms with E-state index in [1.54, 1.807) is 7.11 Å². The molecule has 0 unspecified atom stereocenters. The summed E-state index contributed by atoms with van der Waals surface area (Å²) in [6.07, 6.45) is 1.75. The zero-order valence-corrected chi connectivity index (χ0v) is 21.2. The summed E-state index contributed by atoms with van der Waals surface area (Å²) in [6, 6.07) is 27.7. The quantitative estimate of drug-likeness (QED) is 0.419. The maximum absolute atomic E-state index is 13.7. The molecule has 1 aliphatic carbocycles. The average molecular weight is 494 g/mol. The van der Waals surface area contributed by atoms with Crippen LogP contribution in [0.25, 0.3) is 0 Å². The van der Waals surface area contributed by atoms with Gasteiger partial charge in [-0.25, -0.2) is 4.79 Å². The molecule has 5 heteroatoms. The molecule has 0 amide bonds. The Morgan fingerprint density at radius 1 is 0.892 bits per heavy atom. The van der Waals surface area contributed by atoms with Gasteiger partial charge in [-0.2, -0.15) is 0 Å². The minimum atomic E-state index is -0.490. The number of hydrogen-bond acceptors (Lipinski definition) is 5. The molecule has 1 heterocycles. The Labute approximate surface area is 217 Å². The van der Waals surface area contributed by atoms with Crippen molar-refractivity contribution in [3.8, 4) is 5.75 Å². The van der Waals surface area contributed by atoms with Gasteiger partial charge in [0, 0.05) is 35.7 Å².